The van der Waals surface area contributed by atoms with Crippen molar-refractivity contribution in [3.8, 4) is 0 Å². The van der Waals surface area contributed by atoms with Gasteiger partial charge in [-0.25, -0.2) is 4.98 Å². The van der Waals surface area contributed by atoms with Crippen LogP contribution < -0.4 is 10.5 Å². The standard InChI is InChI=1S/C14H21N5O/c1-9-5-7-19(8-6-9)14-15-11-10(2)16-18(4)12(11)13(20)17(14)3/h9H,5-8H2,1-4H3. The number of rotatable bonds is 1. The van der Waals surface area contributed by atoms with Crippen LogP contribution in [0.2, 0.25) is 0 Å². The average Bonchev–Trinajstić information content (AvgIpc) is 2.70. The highest BCUT2D eigenvalue weighted by Gasteiger charge is 2.22. The molecule has 6 nitrogen and oxygen atoms in total. The van der Waals surface area contributed by atoms with E-state index in [9.17, 15) is 4.79 Å². The smallest absolute Gasteiger partial charge is 0.280 e. The van der Waals surface area contributed by atoms with E-state index in [1.54, 1.807) is 23.3 Å². The molecule has 1 aliphatic rings. The summed E-state index contributed by atoms with van der Waals surface area (Å²) in [7, 11) is 3.59. The quantitative estimate of drug-likeness (QED) is 0.785. The SMILES string of the molecule is Cc1nn(C)c2c(=O)n(C)c(N3CCC(C)CC3)nc12. The number of aromatic nitrogens is 4. The lowest BCUT2D eigenvalue weighted by molar-refractivity contribution is 0.431. The number of nitrogens with zero attached hydrogens (tertiary/aromatic N) is 5. The fourth-order valence-electron chi connectivity index (χ4n) is 2.94. The maximum atomic E-state index is 12.5. The van der Waals surface area contributed by atoms with Gasteiger partial charge in [-0.15, -0.1) is 0 Å². The van der Waals surface area contributed by atoms with Crippen molar-refractivity contribution in [2.45, 2.75) is 26.7 Å². The molecule has 2 aromatic rings. The highest BCUT2D eigenvalue weighted by Crippen LogP contribution is 2.22. The van der Waals surface area contributed by atoms with Crippen LogP contribution in [0.25, 0.3) is 11.0 Å². The van der Waals surface area contributed by atoms with Crippen molar-refractivity contribution in [1.29, 1.82) is 0 Å². The number of piperidine rings is 1. The molecule has 0 aliphatic carbocycles. The van der Waals surface area contributed by atoms with Crippen LogP contribution in [0.5, 0.6) is 0 Å². The van der Waals surface area contributed by atoms with Crippen LogP contribution in [-0.4, -0.2) is 32.4 Å². The fourth-order valence-corrected chi connectivity index (χ4v) is 2.94. The minimum atomic E-state index is -0.0216. The Labute approximate surface area is 118 Å². The number of hydrogen-bond acceptors (Lipinski definition) is 4. The maximum Gasteiger partial charge on any atom is 0.280 e. The minimum Gasteiger partial charge on any atom is -0.342 e. The fraction of sp³-hybridized carbons (Fsp3) is 0.643. The van der Waals surface area contributed by atoms with Gasteiger partial charge in [0, 0.05) is 27.2 Å². The van der Waals surface area contributed by atoms with E-state index in [0.717, 1.165) is 49.0 Å². The lowest BCUT2D eigenvalue weighted by Crippen LogP contribution is -2.37. The molecule has 0 saturated carbocycles. The molecule has 6 heteroatoms. The van der Waals surface area contributed by atoms with Crippen molar-refractivity contribution < 1.29 is 0 Å². The Hall–Kier alpha value is -1.85. The predicted molar refractivity (Wildman–Crippen MR) is 79.1 cm³/mol. The summed E-state index contributed by atoms with van der Waals surface area (Å²) in [6.45, 7) is 6.10. The van der Waals surface area contributed by atoms with Crippen LogP contribution in [0.4, 0.5) is 5.95 Å². The third-order valence-electron chi connectivity index (χ3n) is 4.28. The molecular weight excluding hydrogens is 254 g/mol. The van der Waals surface area contributed by atoms with Gasteiger partial charge in [-0.05, 0) is 25.7 Å². The second-order valence-electron chi connectivity index (χ2n) is 5.85. The Morgan fingerprint density at radius 1 is 1.20 bits per heavy atom. The first-order valence-electron chi connectivity index (χ1n) is 7.14. The van der Waals surface area contributed by atoms with Gasteiger partial charge in [-0.3, -0.25) is 14.0 Å². The van der Waals surface area contributed by atoms with Gasteiger partial charge >= 0.3 is 0 Å². The van der Waals surface area contributed by atoms with Crippen molar-refractivity contribution in [3.63, 3.8) is 0 Å². The zero-order chi connectivity index (χ0) is 14.4. The number of aryl methyl sites for hydroxylation is 2. The molecule has 0 unspecified atom stereocenters. The molecule has 20 heavy (non-hydrogen) atoms. The summed E-state index contributed by atoms with van der Waals surface area (Å²) >= 11 is 0. The third kappa shape index (κ3) is 1.90. The molecular formula is C14H21N5O. The van der Waals surface area contributed by atoms with Gasteiger partial charge in [0.25, 0.3) is 5.56 Å². The molecule has 0 amide bonds. The summed E-state index contributed by atoms with van der Waals surface area (Å²) in [5.74, 6) is 1.53. The number of anilines is 1. The largest absolute Gasteiger partial charge is 0.342 e. The van der Waals surface area contributed by atoms with E-state index in [1.807, 2.05) is 6.92 Å². The molecule has 3 rings (SSSR count). The maximum absolute atomic E-state index is 12.5. The van der Waals surface area contributed by atoms with E-state index in [-0.39, 0.29) is 5.56 Å². The van der Waals surface area contributed by atoms with Crippen molar-refractivity contribution in [1.82, 2.24) is 19.3 Å². The van der Waals surface area contributed by atoms with Crippen LogP contribution in [0.1, 0.15) is 25.5 Å². The Morgan fingerprint density at radius 2 is 1.85 bits per heavy atom. The van der Waals surface area contributed by atoms with Crippen molar-refractivity contribution >= 4 is 17.0 Å². The van der Waals surface area contributed by atoms with E-state index in [2.05, 4.69) is 16.9 Å². The first-order valence-corrected chi connectivity index (χ1v) is 7.14. The lowest BCUT2D eigenvalue weighted by Gasteiger charge is -2.31. The molecule has 0 spiro atoms. The number of hydrogen-bond donors (Lipinski definition) is 0. The molecule has 1 saturated heterocycles. The van der Waals surface area contributed by atoms with Gasteiger partial charge in [-0.2, -0.15) is 5.10 Å². The Bertz CT molecular complexity index is 706. The Balaban J connectivity index is 2.15. The van der Waals surface area contributed by atoms with Crippen LogP contribution in [0.3, 0.4) is 0 Å². The summed E-state index contributed by atoms with van der Waals surface area (Å²) < 4.78 is 3.28. The van der Waals surface area contributed by atoms with Crippen molar-refractivity contribution in [2.75, 3.05) is 18.0 Å². The van der Waals surface area contributed by atoms with Gasteiger partial charge in [-0.1, -0.05) is 6.92 Å². The van der Waals surface area contributed by atoms with E-state index in [0.29, 0.717) is 5.52 Å². The molecule has 3 heterocycles. The van der Waals surface area contributed by atoms with Gasteiger partial charge in [0.05, 0.1) is 5.69 Å². The summed E-state index contributed by atoms with van der Waals surface area (Å²) in [6, 6.07) is 0. The summed E-state index contributed by atoms with van der Waals surface area (Å²) in [5.41, 5.74) is 2.10. The van der Waals surface area contributed by atoms with E-state index in [4.69, 9.17) is 4.98 Å². The van der Waals surface area contributed by atoms with Crippen molar-refractivity contribution in [2.24, 2.45) is 20.0 Å². The summed E-state index contributed by atoms with van der Waals surface area (Å²) in [4.78, 5) is 19.5. The van der Waals surface area contributed by atoms with Crippen molar-refractivity contribution in [3.05, 3.63) is 16.0 Å². The molecule has 108 valence electrons. The highest BCUT2D eigenvalue weighted by molar-refractivity contribution is 5.77. The van der Waals surface area contributed by atoms with E-state index < -0.39 is 0 Å². The van der Waals surface area contributed by atoms with Gasteiger partial charge in [0.15, 0.2) is 5.52 Å². The topological polar surface area (TPSA) is 56.0 Å². The summed E-state index contributed by atoms with van der Waals surface area (Å²) in [5, 5.41) is 4.31. The zero-order valence-electron chi connectivity index (χ0n) is 12.6. The second-order valence-corrected chi connectivity index (χ2v) is 5.85. The minimum absolute atomic E-state index is 0.0216. The second kappa shape index (κ2) is 4.61. The highest BCUT2D eigenvalue weighted by atomic mass is 16.1. The number of fused-ring (bicyclic) bond motifs is 1. The van der Waals surface area contributed by atoms with E-state index >= 15 is 0 Å². The zero-order valence-corrected chi connectivity index (χ0v) is 12.6. The normalized spacial score (nSPS) is 17.1. The molecule has 0 aromatic carbocycles. The monoisotopic (exact) mass is 275 g/mol. The van der Waals surface area contributed by atoms with Gasteiger partial charge in [0.1, 0.15) is 5.52 Å². The molecule has 0 radical (unpaired) electrons. The predicted octanol–water partition coefficient (Wildman–Crippen LogP) is 1.21. The first kappa shape index (κ1) is 13.1. The molecule has 0 N–H and O–H groups in total. The first-order chi connectivity index (χ1) is 9.49. The van der Waals surface area contributed by atoms with E-state index in [1.165, 1.54) is 0 Å². The van der Waals surface area contributed by atoms with Crippen LogP contribution in [0.15, 0.2) is 4.79 Å². The molecule has 0 bridgehead atoms. The Morgan fingerprint density at radius 3 is 2.50 bits per heavy atom. The third-order valence-corrected chi connectivity index (χ3v) is 4.28. The average molecular weight is 275 g/mol. The van der Waals surface area contributed by atoms with Gasteiger partial charge < -0.3 is 4.90 Å². The Kier molecular flexibility index (Phi) is 3.03. The molecule has 1 aliphatic heterocycles. The summed E-state index contributed by atoms with van der Waals surface area (Å²) in [6.07, 6.45) is 2.31. The molecule has 1 fully saturated rings. The van der Waals surface area contributed by atoms with Crippen LogP contribution in [0, 0.1) is 12.8 Å². The lowest BCUT2D eigenvalue weighted by atomic mass is 10.00. The van der Waals surface area contributed by atoms with Crippen LogP contribution >= 0.6 is 0 Å². The van der Waals surface area contributed by atoms with Gasteiger partial charge in [0.2, 0.25) is 5.95 Å². The molecule has 0 atom stereocenters. The molecule has 2 aromatic heterocycles. The van der Waals surface area contributed by atoms with Crippen LogP contribution in [-0.2, 0) is 14.1 Å².